The van der Waals surface area contributed by atoms with Gasteiger partial charge in [-0.05, 0) is 45.1 Å². The molecule has 0 amide bonds. The van der Waals surface area contributed by atoms with Crippen LogP contribution < -0.4 is 5.73 Å². The van der Waals surface area contributed by atoms with Gasteiger partial charge < -0.3 is 5.73 Å². The van der Waals surface area contributed by atoms with E-state index in [0.717, 1.165) is 12.6 Å². The number of nitrogens with two attached hydrogens (primary N) is 1. The topological polar surface area (TPSA) is 29.3 Å². The van der Waals surface area contributed by atoms with E-state index in [9.17, 15) is 0 Å². The summed E-state index contributed by atoms with van der Waals surface area (Å²) in [7, 11) is 0. The predicted molar refractivity (Wildman–Crippen MR) is 66.9 cm³/mol. The molecule has 1 aliphatic rings. The maximum Gasteiger partial charge on any atom is 0.0161 e. The summed E-state index contributed by atoms with van der Waals surface area (Å²) in [6.45, 7) is 13.6. The van der Waals surface area contributed by atoms with E-state index in [0.29, 0.717) is 0 Å². The highest BCUT2D eigenvalue weighted by Gasteiger charge is 2.37. The fraction of sp³-hybridized carbons (Fsp3) is 1.00. The molecule has 0 aromatic carbocycles. The minimum atomic E-state index is -0.103. The highest BCUT2D eigenvalue weighted by Crippen LogP contribution is 2.32. The maximum absolute atomic E-state index is 6.25. The van der Waals surface area contributed by atoms with Crippen LogP contribution in [0.5, 0.6) is 0 Å². The molecule has 1 aliphatic heterocycles. The molecule has 90 valence electrons. The van der Waals surface area contributed by atoms with Crippen molar-refractivity contribution in [2.24, 2.45) is 11.1 Å². The first kappa shape index (κ1) is 13.0. The second kappa shape index (κ2) is 4.42. The molecule has 1 unspecified atom stereocenters. The number of nitrogens with zero attached hydrogens (tertiary/aromatic N) is 1. The molecule has 0 aliphatic carbocycles. The van der Waals surface area contributed by atoms with Crippen molar-refractivity contribution in [3.8, 4) is 0 Å². The lowest BCUT2D eigenvalue weighted by molar-refractivity contribution is 0.104. The van der Waals surface area contributed by atoms with E-state index in [1.54, 1.807) is 0 Å². The molecule has 1 heterocycles. The first-order valence-electron chi connectivity index (χ1n) is 6.31. The third kappa shape index (κ3) is 2.94. The van der Waals surface area contributed by atoms with Crippen molar-refractivity contribution >= 4 is 0 Å². The van der Waals surface area contributed by atoms with Crippen molar-refractivity contribution in [2.75, 3.05) is 13.1 Å². The van der Waals surface area contributed by atoms with Crippen molar-refractivity contribution in [2.45, 2.75) is 65.5 Å². The van der Waals surface area contributed by atoms with Gasteiger partial charge in [0.15, 0.2) is 0 Å². The smallest absolute Gasteiger partial charge is 0.0161 e. The molecular weight excluding hydrogens is 184 g/mol. The van der Waals surface area contributed by atoms with Gasteiger partial charge in [0, 0.05) is 18.1 Å². The Morgan fingerprint density at radius 1 is 1.27 bits per heavy atom. The van der Waals surface area contributed by atoms with Crippen molar-refractivity contribution < 1.29 is 0 Å². The van der Waals surface area contributed by atoms with Gasteiger partial charge in [0.05, 0.1) is 0 Å². The standard InChI is InChI=1S/C13H28N2/c1-6-11-8-7-9-15(11)10-12(2,3)13(4,5)14/h11H,6-10,14H2,1-5H3. The third-order valence-electron chi connectivity index (χ3n) is 4.31. The molecule has 1 saturated heterocycles. The molecule has 0 spiro atoms. The van der Waals surface area contributed by atoms with Crippen molar-refractivity contribution in [3.05, 3.63) is 0 Å². The summed E-state index contributed by atoms with van der Waals surface area (Å²) in [4.78, 5) is 2.63. The van der Waals surface area contributed by atoms with Crippen LogP contribution in [0.4, 0.5) is 0 Å². The zero-order valence-electron chi connectivity index (χ0n) is 11.1. The molecule has 0 aromatic rings. The van der Waals surface area contributed by atoms with Gasteiger partial charge in [0.1, 0.15) is 0 Å². The Morgan fingerprint density at radius 2 is 1.87 bits per heavy atom. The van der Waals surface area contributed by atoms with Gasteiger partial charge >= 0.3 is 0 Å². The third-order valence-corrected chi connectivity index (χ3v) is 4.31. The molecule has 0 radical (unpaired) electrons. The Balaban J connectivity index is 2.60. The highest BCUT2D eigenvalue weighted by molar-refractivity contribution is 4.94. The van der Waals surface area contributed by atoms with E-state index in [1.165, 1.54) is 25.8 Å². The van der Waals surface area contributed by atoms with E-state index in [2.05, 4.69) is 39.5 Å². The molecule has 15 heavy (non-hydrogen) atoms. The summed E-state index contributed by atoms with van der Waals surface area (Å²) in [5.74, 6) is 0. The average molecular weight is 212 g/mol. The number of likely N-dealkylation sites (tertiary alicyclic amines) is 1. The van der Waals surface area contributed by atoms with E-state index < -0.39 is 0 Å². The Hall–Kier alpha value is -0.0800. The van der Waals surface area contributed by atoms with Gasteiger partial charge in [-0.3, -0.25) is 4.90 Å². The normalized spacial score (nSPS) is 24.8. The molecule has 2 nitrogen and oxygen atoms in total. The van der Waals surface area contributed by atoms with Crippen LogP contribution in [-0.2, 0) is 0 Å². The van der Waals surface area contributed by atoms with Crippen LogP contribution in [0.2, 0.25) is 0 Å². The van der Waals surface area contributed by atoms with Crippen LogP contribution in [0.15, 0.2) is 0 Å². The minimum absolute atomic E-state index is 0.103. The summed E-state index contributed by atoms with van der Waals surface area (Å²) in [5, 5.41) is 0. The van der Waals surface area contributed by atoms with Crippen LogP contribution in [0.3, 0.4) is 0 Å². The molecule has 0 aromatic heterocycles. The first-order chi connectivity index (χ1) is 6.78. The predicted octanol–water partition coefficient (Wildman–Crippen LogP) is 2.62. The van der Waals surface area contributed by atoms with E-state index in [4.69, 9.17) is 5.73 Å². The van der Waals surface area contributed by atoms with Crippen molar-refractivity contribution in [1.29, 1.82) is 0 Å². The molecule has 0 bridgehead atoms. The van der Waals surface area contributed by atoms with Gasteiger partial charge in [-0.2, -0.15) is 0 Å². The summed E-state index contributed by atoms with van der Waals surface area (Å²) in [5.41, 5.74) is 6.33. The molecule has 1 rings (SSSR count). The second-order valence-electron chi connectivity index (χ2n) is 6.28. The quantitative estimate of drug-likeness (QED) is 0.776. The van der Waals surface area contributed by atoms with Gasteiger partial charge in [0.2, 0.25) is 0 Å². The Bertz CT molecular complexity index is 203. The van der Waals surface area contributed by atoms with Crippen LogP contribution in [0.25, 0.3) is 0 Å². The number of rotatable bonds is 4. The fourth-order valence-corrected chi connectivity index (χ4v) is 2.28. The van der Waals surface area contributed by atoms with Crippen LogP contribution >= 0.6 is 0 Å². The van der Waals surface area contributed by atoms with Crippen molar-refractivity contribution in [1.82, 2.24) is 4.90 Å². The van der Waals surface area contributed by atoms with Gasteiger partial charge in [-0.1, -0.05) is 20.8 Å². The summed E-state index contributed by atoms with van der Waals surface area (Å²) >= 11 is 0. The van der Waals surface area contributed by atoms with Gasteiger partial charge in [-0.25, -0.2) is 0 Å². The Labute approximate surface area is 95.2 Å². The van der Waals surface area contributed by atoms with E-state index in [1.807, 2.05) is 0 Å². The summed E-state index contributed by atoms with van der Waals surface area (Å²) < 4.78 is 0. The van der Waals surface area contributed by atoms with E-state index in [-0.39, 0.29) is 11.0 Å². The lowest BCUT2D eigenvalue weighted by atomic mass is 9.75. The van der Waals surface area contributed by atoms with Crippen LogP contribution in [0, 0.1) is 5.41 Å². The summed E-state index contributed by atoms with van der Waals surface area (Å²) in [6, 6.07) is 0.798. The lowest BCUT2D eigenvalue weighted by Gasteiger charge is -2.42. The van der Waals surface area contributed by atoms with Gasteiger partial charge in [-0.15, -0.1) is 0 Å². The lowest BCUT2D eigenvalue weighted by Crippen LogP contribution is -2.53. The minimum Gasteiger partial charge on any atom is -0.325 e. The van der Waals surface area contributed by atoms with Gasteiger partial charge in [0.25, 0.3) is 0 Å². The van der Waals surface area contributed by atoms with Crippen LogP contribution in [0.1, 0.15) is 53.9 Å². The zero-order chi connectivity index (χ0) is 11.7. The van der Waals surface area contributed by atoms with Crippen molar-refractivity contribution in [3.63, 3.8) is 0 Å². The molecule has 2 heteroatoms. The highest BCUT2D eigenvalue weighted by atomic mass is 15.2. The zero-order valence-corrected chi connectivity index (χ0v) is 11.1. The fourth-order valence-electron chi connectivity index (χ4n) is 2.28. The maximum atomic E-state index is 6.25. The van der Waals surface area contributed by atoms with E-state index >= 15 is 0 Å². The molecule has 0 saturated carbocycles. The van der Waals surface area contributed by atoms with Crippen LogP contribution in [-0.4, -0.2) is 29.6 Å². The number of hydrogen-bond acceptors (Lipinski definition) is 2. The SMILES string of the molecule is CCC1CCCN1CC(C)(C)C(C)(C)N. The molecule has 2 N–H and O–H groups in total. The monoisotopic (exact) mass is 212 g/mol. The largest absolute Gasteiger partial charge is 0.325 e. The molecule has 1 fully saturated rings. The second-order valence-corrected chi connectivity index (χ2v) is 6.28. The number of hydrogen-bond donors (Lipinski definition) is 1. The molecule has 1 atom stereocenters. The summed E-state index contributed by atoms with van der Waals surface area (Å²) in [6.07, 6.45) is 4.01. The Morgan fingerprint density at radius 3 is 2.33 bits per heavy atom. The average Bonchev–Trinajstić information content (AvgIpc) is 2.48. The first-order valence-corrected chi connectivity index (χ1v) is 6.31. The Kier molecular flexibility index (Phi) is 3.83. The molecular formula is C13H28N2.